The van der Waals surface area contributed by atoms with Gasteiger partial charge in [0.25, 0.3) is 0 Å². The first-order valence-corrected chi connectivity index (χ1v) is 16.6. The van der Waals surface area contributed by atoms with Gasteiger partial charge >= 0.3 is 0 Å². The number of rotatable bonds is 4. The molecular formula is C46H28N2O. The first kappa shape index (κ1) is 27.5. The lowest BCUT2D eigenvalue weighted by Crippen LogP contribution is -1.92. The summed E-state index contributed by atoms with van der Waals surface area (Å²) >= 11 is 0. The van der Waals surface area contributed by atoms with E-state index in [4.69, 9.17) is 14.4 Å². The molecule has 0 aliphatic heterocycles. The normalized spacial score (nSPS) is 11.7. The maximum absolute atomic E-state index is 6.03. The number of para-hydroxylation sites is 1. The Hall–Kier alpha value is -6.58. The van der Waals surface area contributed by atoms with Crippen LogP contribution in [-0.2, 0) is 0 Å². The van der Waals surface area contributed by atoms with Gasteiger partial charge in [-0.15, -0.1) is 0 Å². The second-order valence-corrected chi connectivity index (χ2v) is 12.6. The van der Waals surface area contributed by atoms with Crippen molar-refractivity contribution < 1.29 is 4.42 Å². The molecule has 0 N–H and O–H groups in total. The smallest absolute Gasteiger partial charge is 0.135 e. The van der Waals surface area contributed by atoms with Crippen molar-refractivity contribution in [3.8, 4) is 44.6 Å². The van der Waals surface area contributed by atoms with Gasteiger partial charge in [-0.1, -0.05) is 140 Å². The Morgan fingerprint density at radius 1 is 0.327 bits per heavy atom. The molecule has 0 fully saturated rings. The van der Waals surface area contributed by atoms with Crippen molar-refractivity contribution in [3.63, 3.8) is 0 Å². The topological polar surface area (TPSA) is 38.9 Å². The van der Waals surface area contributed by atoms with E-state index in [1.54, 1.807) is 0 Å². The number of hydrogen-bond acceptors (Lipinski definition) is 3. The molecule has 3 nitrogen and oxygen atoms in total. The Labute approximate surface area is 282 Å². The summed E-state index contributed by atoms with van der Waals surface area (Å²) in [6.07, 6.45) is 1.91. The maximum Gasteiger partial charge on any atom is 0.135 e. The SMILES string of the molecule is c1cc(-c2ccc(-c3ccc(-c4ccc5oc6ccccc6c5c4)cc3)cc2)cc(-c2cnc3c4ccccc4c4ccccc4c3n2)c1. The van der Waals surface area contributed by atoms with Gasteiger partial charge in [0.05, 0.1) is 22.9 Å². The Bertz CT molecular complexity index is 2830. The molecule has 2 heterocycles. The van der Waals surface area contributed by atoms with Gasteiger partial charge in [0, 0.05) is 27.1 Å². The van der Waals surface area contributed by atoms with Crippen molar-refractivity contribution in [2.24, 2.45) is 0 Å². The fourth-order valence-electron chi connectivity index (χ4n) is 7.24. The minimum absolute atomic E-state index is 0.867. The summed E-state index contributed by atoms with van der Waals surface area (Å²) in [6.45, 7) is 0. The molecule has 0 aliphatic rings. The number of furan rings is 1. The molecule has 10 rings (SSSR count). The molecule has 0 amide bonds. The average molecular weight is 625 g/mol. The molecule has 0 atom stereocenters. The van der Waals surface area contributed by atoms with E-state index in [0.29, 0.717) is 0 Å². The molecule has 10 aromatic rings. The van der Waals surface area contributed by atoms with Crippen LogP contribution in [-0.4, -0.2) is 9.97 Å². The van der Waals surface area contributed by atoms with Gasteiger partial charge in [-0.3, -0.25) is 4.98 Å². The summed E-state index contributed by atoms with van der Waals surface area (Å²) in [4.78, 5) is 10.2. The van der Waals surface area contributed by atoms with E-state index in [9.17, 15) is 0 Å². The molecule has 228 valence electrons. The van der Waals surface area contributed by atoms with Gasteiger partial charge in [0.15, 0.2) is 0 Å². The van der Waals surface area contributed by atoms with Crippen LogP contribution in [0.1, 0.15) is 0 Å². The Morgan fingerprint density at radius 3 is 1.49 bits per heavy atom. The molecule has 0 saturated heterocycles. The average Bonchev–Trinajstić information content (AvgIpc) is 3.56. The molecule has 49 heavy (non-hydrogen) atoms. The van der Waals surface area contributed by atoms with Crippen LogP contribution in [0.4, 0.5) is 0 Å². The number of nitrogens with zero attached hydrogens (tertiary/aromatic N) is 2. The van der Waals surface area contributed by atoms with Crippen molar-refractivity contribution in [3.05, 3.63) is 170 Å². The predicted octanol–water partition coefficient (Wildman–Crippen LogP) is 12.5. The zero-order chi connectivity index (χ0) is 32.3. The van der Waals surface area contributed by atoms with Gasteiger partial charge in [-0.25, -0.2) is 4.98 Å². The largest absolute Gasteiger partial charge is 0.456 e. The van der Waals surface area contributed by atoms with Crippen molar-refractivity contribution in [1.82, 2.24) is 9.97 Å². The first-order valence-electron chi connectivity index (χ1n) is 16.6. The fraction of sp³-hybridized carbons (Fsp3) is 0. The highest BCUT2D eigenvalue weighted by molar-refractivity contribution is 6.23. The van der Waals surface area contributed by atoms with Crippen molar-refractivity contribution >= 4 is 54.5 Å². The first-order chi connectivity index (χ1) is 24.3. The Morgan fingerprint density at radius 2 is 0.816 bits per heavy atom. The van der Waals surface area contributed by atoms with Crippen LogP contribution >= 0.6 is 0 Å². The number of fused-ring (bicyclic) bond motifs is 9. The fourth-order valence-corrected chi connectivity index (χ4v) is 7.24. The summed E-state index contributed by atoms with van der Waals surface area (Å²) in [5, 5.41) is 6.95. The second-order valence-electron chi connectivity index (χ2n) is 12.6. The van der Waals surface area contributed by atoms with Crippen LogP contribution in [0, 0.1) is 0 Å². The molecule has 0 unspecified atom stereocenters. The van der Waals surface area contributed by atoms with Gasteiger partial charge in [0.2, 0.25) is 0 Å². The van der Waals surface area contributed by atoms with Crippen LogP contribution in [0.15, 0.2) is 174 Å². The monoisotopic (exact) mass is 624 g/mol. The molecule has 0 radical (unpaired) electrons. The van der Waals surface area contributed by atoms with E-state index in [1.165, 1.54) is 33.0 Å². The zero-order valence-corrected chi connectivity index (χ0v) is 26.5. The summed E-state index contributed by atoms with van der Waals surface area (Å²) < 4.78 is 6.03. The van der Waals surface area contributed by atoms with Gasteiger partial charge in [0.1, 0.15) is 11.2 Å². The Kier molecular flexibility index (Phi) is 6.18. The third-order valence-electron chi connectivity index (χ3n) is 9.73. The standard InChI is InChI=1S/C46H28N2O/c1-3-13-39-36(10-1)37-11-2-4-14-40(37)46-45(39)47-28-42(48-46)35-9-7-8-33(26-35)31-20-16-29(17-21-31)30-18-22-32(23-19-30)34-24-25-44-41(27-34)38-12-5-6-15-43(38)49-44/h1-28H. The lowest BCUT2D eigenvalue weighted by molar-refractivity contribution is 0.669. The summed E-state index contributed by atoms with van der Waals surface area (Å²) in [7, 11) is 0. The van der Waals surface area contributed by atoms with Gasteiger partial charge in [-0.2, -0.15) is 0 Å². The van der Waals surface area contributed by atoms with Crippen molar-refractivity contribution in [2.75, 3.05) is 0 Å². The van der Waals surface area contributed by atoms with E-state index >= 15 is 0 Å². The summed E-state index contributed by atoms with van der Waals surface area (Å²) in [5.41, 5.74) is 12.7. The van der Waals surface area contributed by atoms with E-state index in [-0.39, 0.29) is 0 Å². The van der Waals surface area contributed by atoms with E-state index < -0.39 is 0 Å². The van der Waals surface area contributed by atoms with E-state index in [1.807, 2.05) is 18.3 Å². The summed E-state index contributed by atoms with van der Waals surface area (Å²) in [6, 6.07) is 57.8. The second kappa shape index (κ2) is 11.0. The van der Waals surface area contributed by atoms with Crippen LogP contribution in [0.5, 0.6) is 0 Å². The van der Waals surface area contributed by atoms with Gasteiger partial charge in [-0.05, 0) is 68.4 Å². The quantitative estimate of drug-likeness (QED) is 0.183. The molecule has 2 aromatic heterocycles. The van der Waals surface area contributed by atoms with Crippen molar-refractivity contribution in [1.29, 1.82) is 0 Å². The Balaban J connectivity index is 0.950. The molecule has 8 aromatic carbocycles. The highest BCUT2D eigenvalue weighted by atomic mass is 16.3. The molecule has 0 bridgehead atoms. The highest BCUT2D eigenvalue weighted by Crippen LogP contribution is 2.36. The minimum atomic E-state index is 0.867. The predicted molar refractivity (Wildman–Crippen MR) is 204 cm³/mol. The lowest BCUT2D eigenvalue weighted by atomic mass is 9.96. The van der Waals surface area contributed by atoms with Crippen LogP contribution in [0.3, 0.4) is 0 Å². The molecular weight excluding hydrogens is 597 g/mol. The van der Waals surface area contributed by atoms with Gasteiger partial charge < -0.3 is 4.42 Å². The summed E-state index contributed by atoms with van der Waals surface area (Å²) in [5.74, 6) is 0. The zero-order valence-electron chi connectivity index (χ0n) is 26.5. The third kappa shape index (κ3) is 4.59. The number of hydrogen-bond donors (Lipinski definition) is 0. The minimum Gasteiger partial charge on any atom is -0.456 e. The maximum atomic E-state index is 6.03. The van der Waals surface area contributed by atoms with E-state index in [2.05, 4.69) is 152 Å². The molecule has 0 saturated carbocycles. The van der Waals surface area contributed by atoms with Crippen LogP contribution in [0.25, 0.3) is 99.2 Å². The number of benzene rings is 8. The van der Waals surface area contributed by atoms with Crippen LogP contribution < -0.4 is 0 Å². The molecule has 3 heteroatoms. The third-order valence-corrected chi connectivity index (χ3v) is 9.73. The highest BCUT2D eigenvalue weighted by Gasteiger charge is 2.13. The van der Waals surface area contributed by atoms with E-state index in [0.717, 1.165) is 66.1 Å². The molecule has 0 aliphatic carbocycles. The molecule has 0 spiro atoms. The lowest BCUT2D eigenvalue weighted by Gasteiger charge is -2.11. The number of aromatic nitrogens is 2. The van der Waals surface area contributed by atoms with Crippen LogP contribution in [0.2, 0.25) is 0 Å². The van der Waals surface area contributed by atoms with Crippen molar-refractivity contribution in [2.45, 2.75) is 0 Å².